The number of nitro benzene ring substituents is 1. The predicted molar refractivity (Wildman–Crippen MR) is 57.4 cm³/mol. The van der Waals surface area contributed by atoms with Gasteiger partial charge in [0.2, 0.25) is 5.82 Å². The highest BCUT2D eigenvalue weighted by Gasteiger charge is 2.32. The standard InChI is InChI=1S/C11H13FN2O2/c12-9-4-3-8(7-10(9)14(15)16)11(13)5-1-2-6-11/h3-4,7H,1-2,5-6,13H2. The topological polar surface area (TPSA) is 69.2 Å². The molecule has 1 aromatic rings. The van der Waals surface area contributed by atoms with E-state index in [1.807, 2.05) is 0 Å². The van der Waals surface area contributed by atoms with Gasteiger partial charge in [-0.3, -0.25) is 10.1 Å². The molecule has 16 heavy (non-hydrogen) atoms. The van der Waals surface area contributed by atoms with Crippen LogP contribution in [0.5, 0.6) is 0 Å². The second-order valence-electron chi connectivity index (χ2n) is 4.29. The minimum atomic E-state index is -0.810. The largest absolute Gasteiger partial charge is 0.321 e. The molecule has 0 bridgehead atoms. The third-order valence-electron chi connectivity index (χ3n) is 3.21. The van der Waals surface area contributed by atoms with Crippen LogP contribution < -0.4 is 5.73 Å². The summed E-state index contributed by atoms with van der Waals surface area (Å²) >= 11 is 0. The van der Waals surface area contributed by atoms with E-state index >= 15 is 0 Å². The van der Waals surface area contributed by atoms with Crippen LogP contribution in [0.1, 0.15) is 31.2 Å². The Morgan fingerprint density at radius 3 is 2.56 bits per heavy atom. The maximum absolute atomic E-state index is 13.1. The third kappa shape index (κ3) is 1.78. The summed E-state index contributed by atoms with van der Waals surface area (Å²) in [5.41, 5.74) is 5.81. The highest BCUT2D eigenvalue weighted by molar-refractivity contribution is 5.39. The number of hydrogen-bond donors (Lipinski definition) is 1. The second-order valence-corrected chi connectivity index (χ2v) is 4.29. The molecule has 1 aliphatic carbocycles. The summed E-state index contributed by atoms with van der Waals surface area (Å²) in [7, 11) is 0. The number of nitrogens with two attached hydrogens (primary N) is 1. The van der Waals surface area contributed by atoms with Gasteiger partial charge in [0, 0.05) is 11.6 Å². The van der Waals surface area contributed by atoms with Crippen LogP contribution in [0.3, 0.4) is 0 Å². The van der Waals surface area contributed by atoms with Crippen molar-refractivity contribution in [2.45, 2.75) is 31.2 Å². The quantitative estimate of drug-likeness (QED) is 0.619. The molecule has 0 saturated heterocycles. The number of nitrogens with zero attached hydrogens (tertiary/aromatic N) is 1. The Morgan fingerprint density at radius 1 is 1.38 bits per heavy atom. The van der Waals surface area contributed by atoms with Crippen molar-refractivity contribution in [2.75, 3.05) is 0 Å². The van der Waals surface area contributed by atoms with E-state index in [1.165, 1.54) is 6.07 Å². The molecule has 0 atom stereocenters. The van der Waals surface area contributed by atoms with Crippen molar-refractivity contribution in [1.82, 2.24) is 0 Å². The van der Waals surface area contributed by atoms with E-state index in [-0.39, 0.29) is 0 Å². The van der Waals surface area contributed by atoms with Gasteiger partial charge in [-0.15, -0.1) is 0 Å². The average molecular weight is 224 g/mol. The zero-order valence-electron chi connectivity index (χ0n) is 8.78. The maximum Gasteiger partial charge on any atom is 0.305 e. The maximum atomic E-state index is 13.1. The van der Waals surface area contributed by atoms with Crippen LogP contribution in [0.25, 0.3) is 0 Å². The summed E-state index contributed by atoms with van der Waals surface area (Å²) in [5, 5.41) is 10.6. The van der Waals surface area contributed by atoms with Gasteiger partial charge in [0.15, 0.2) is 0 Å². The van der Waals surface area contributed by atoms with Crippen LogP contribution in [-0.2, 0) is 5.54 Å². The molecule has 0 aliphatic heterocycles. The van der Waals surface area contributed by atoms with E-state index in [9.17, 15) is 14.5 Å². The van der Waals surface area contributed by atoms with E-state index in [4.69, 9.17) is 5.73 Å². The molecule has 0 spiro atoms. The predicted octanol–water partition coefficient (Wildman–Crippen LogP) is 2.46. The lowest BCUT2D eigenvalue weighted by atomic mass is 9.89. The Labute approximate surface area is 92.4 Å². The monoisotopic (exact) mass is 224 g/mol. The molecule has 0 radical (unpaired) electrons. The second kappa shape index (κ2) is 3.83. The Bertz CT molecular complexity index is 428. The van der Waals surface area contributed by atoms with Gasteiger partial charge < -0.3 is 5.73 Å². The van der Waals surface area contributed by atoms with Crippen LogP contribution in [0.15, 0.2) is 18.2 Å². The molecule has 86 valence electrons. The summed E-state index contributed by atoms with van der Waals surface area (Å²) < 4.78 is 13.1. The summed E-state index contributed by atoms with van der Waals surface area (Å²) in [6, 6.07) is 3.94. The van der Waals surface area contributed by atoms with Gasteiger partial charge in [-0.1, -0.05) is 18.9 Å². The summed E-state index contributed by atoms with van der Waals surface area (Å²) in [4.78, 5) is 9.91. The highest BCUT2D eigenvalue weighted by atomic mass is 19.1. The number of rotatable bonds is 2. The SMILES string of the molecule is NC1(c2ccc(F)c([N+](=O)[O-])c2)CCCC1. The van der Waals surface area contributed by atoms with Crippen molar-refractivity contribution in [3.05, 3.63) is 39.7 Å². The molecule has 1 saturated carbocycles. The molecular formula is C11H13FN2O2. The molecule has 5 heteroatoms. The first kappa shape index (κ1) is 11.0. The zero-order valence-corrected chi connectivity index (χ0v) is 8.78. The van der Waals surface area contributed by atoms with Gasteiger partial charge in [0.25, 0.3) is 0 Å². The van der Waals surface area contributed by atoms with Crippen LogP contribution >= 0.6 is 0 Å². The molecule has 0 aromatic heterocycles. The zero-order chi connectivity index (χ0) is 11.8. The van der Waals surface area contributed by atoms with Gasteiger partial charge in [0.1, 0.15) is 0 Å². The third-order valence-corrected chi connectivity index (χ3v) is 3.21. The van der Waals surface area contributed by atoms with Gasteiger partial charge in [-0.2, -0.15) is 4.39 Å². The molecule has 0 unspecified atom stereocenters. The first-order valence-electron chi connectivity index (χ1n) is 5.26. The Hall–Kier alpha value is -1.49. The number of halogens is 1. The Kier molecular flexibility index (Phi) is 2.63. The Morgan fingerprint density at radius 2 is 2.00 bits per heavy atom. The van der Waals surface area contributed by atoms with Crippen molar-refractivity contribution in [3.63, 3.8) is 0 Å². The first-order chi connectivity index (χ1) is 7.53. The van der Waals surface area contributed by atoms with Crippen molar-refractivity contribution in [1.29, 1.82) is 0 Å². The fraction of sp³-hybridized carbons (Fsp3) is 0.455. The van der Waals surface area contributed by atoms with Crippen LogP contribution in [0.4, 0.5) is 10.1 Å². The van der Waals surface area contributed by atoms with Crippen LogP contribution in [0, 0.1) is 15.9 Å². The van der Waals surface area contributed by atoms with Gasteiger partial charge in [-0.25, -0.2) is 0 Å². The highest BCUT2D eigenvalue weighted by Crippen LogP contribution is 2.37. The van der Waals surface area contributed by atoms with Crippen LogP contribution in [0.2, 0.25) is 0 Å². The van der Waals surface area contributed by atoms with E-state index < -0.39 is 22.0 Å². The number of nitro groups is 1. The van der Waals surface area contributed by atoms with Crippen molar-refractivity contribution < 1.29 is 9.31 Å². The van der Waals surface area contributed by atoms with Gasteiger partial charge >= 0.3 is 5.69 Å². The molecule has 2 rings (SSSR count). The molecule has 1 aromatic carbocycles. The van der Waals surface area contributed by atoms with Gasteiger partial charge in [-0.05, 0) is 24.5 Å². The minimum Gasteiger partial charge on any atom is -0.321 e. The molecule has 0 amide bonds. The van der Waals surface area contributed by atoms with Gasteiger partial charge in [0.05, 0.1) is 4.92 Å². The van der Waals surface area contributed by atoms with E-state index in [2.05, 4.69) is 0 Å². The normalized spacial score (nSPS) is 18.6. The molecular weight excluding hydrogens is 211 g/mol. The molecule has 1 aliphatic rings. The fourth-order valence-electron chi connectivity index (χ4n) is 2.26. The first-order valence-corrected chi connectivity index (χ1v) is 5.26. The number of benzene rings is 1. The van der Waals surface area contributed by atoms with Crippen molar-refractivity contribution in [3.8, 4) is 0 Å². The van der Waals surface area contributed by atoms with E-state index in [0.717, 1.165) is 31.7 Å². The molecule has 0 heterocycles. The fourth-order valence-corrected chi connectivity index (χ4v) is 2.26. The van der Waals surface area contributed by atoms with Crippen molar-refractivity contribution in [2.24, 2.45) is 5.73 Å². The summed E-state index contributed by atoms with van der Waals surface area (Å²) in [6.07, 6.45) is 3.63. The minimum absolute atomic E-state index is 0.491. The lowest BCUT2D eigenvalue weighted by molar-refractivity contribution is -0.387. The molecule has 1 fully saturated rings. The number of hydrogen-bond acceptors (Lipinski definition) is 3. The lowest BCUT2D eigenvalue weighted by Crippen LogP contribution is -2.33. The van der Waals surface area contributed by atoms with E-state index in [0.29, 0.717) is 5.56 Å². The van der Waals surface area contributed by atoms with Crippen LogP contribution in [-0.4, -0.2) is 4.92 Å². The molecule has 4 nitrogen and oxygen atoms in total. The van der Waals surface area contributed by atoms with Crippen molar-refractivity contribution >= 4 is 5.69 Å². The molecule has 2 N–H and O–H groups in total. The summed E-state index contributed by atoms with van der Waals surface area (Å²) in [6.45, 7) is 0. The average Bonchev–Trinajstić information content (AvgIpc) is 2.66. The van der Waals surface area contributed by atoms with E-state index in [1.54, 1.807) is 6.07 Å². The lowest BCUT2D eigenvalue weighted by Gasteiger charge is -2.23. The smallest absolute Gasteiger partial charge is 0.305 e. The summed E-state index contributed by atoms with van der Waals surface area (Å²) in [5.74, 6) is -0.810. The Balaban J connectivity index is 2.43.